The van der Waals surface area contributed by atoms with Gasteiger partial charge in [-0.3, -0.25) is 10.1 Å². The van der Waals surface area contributed by atoms with E-state index in [0.717, 1.165) is 11.1 Å². The summed E-state index contributed by atoms with van der Waals surface area (Å²) in [6.45, 7) is 5.98. The lowest BCUT2D eigenvalue weighted by Crippen LogP contribution is -2.32. The van der Waals surface area contributed by atoms with Gasteiger partial charge in [0.2, 0.25) is 0 Å². The molecule has 0 fully saturated rings. The number of hydrogen-bond donors (Lipinski definition) is 1. The lowest BCUT2D eigenvalue weighted by Gasteiger charge is -2.17. The molecule has 1 N–H and O–H groups in total. The van der Waals surface area contributed by atoms with Crippen LogP contribution in [0.2, 0.25) is 0 Å². The van der Waals surface area contributed by atoms with Crippen LogP contribution < -0.4 is 19.5 Å². The number of nitrogens with one attached hydrogen (secondary N) is 1. The number of ether oxygens (including phenoxy) is 3. The maximum atomic E-state index is 12.8. The summed E-state index contributed by atoms with van der Waals surface area (Å²) in [4.78, 5) is 17.3. The molecule has 3 rings (SSSR count). The van der Waals surface area contributed by atoms with Crippen molar-refractivity contribution in [3.63, 3.8) is 0 Å². The van der Waals surface area contributed by atoms with Crippen molar-refractivity contribution in [2.45, 2.75) is 33.3 Å². The zero-order valence-corrected chi connectivity index (χ0v) is 18.6. The Hall–Kier alpha value is -3.06. The first-order valence-corrected chi connectivity index (χ1v) is 10.6. The van der Waals surface area contributed by atoms with Gasteiger partial charge in [-0.05, 0) is 61.7 Å². The number of rotatable bonds is 8. The number of thiazole rings is 1. The van der Waals surface area contributed by atoms with Gasteiger partial charge in [-0.1, -0.05) is 13.0 Å². The van der Waals surface area contributed by atoms with Crippen molar-refractivity contribution < 1.29 is 19.0 Å². The third-order valence-electron chi connectivity index (χ3n) is 4.84. The fraction of sp³-hybridized carbons (Fsp3) is 0.304. The summed E-state index contributed by atoms with van der Waals surface area (Å²) in [5.41, 5.74) is 3.81. The Morgan fingerprint density at radius 3 is 2.50 bits per heavy atom. The molecular formula is C23H26N2O4S. The number of aromatic nitrogens is 1. The molecule has 1 amide bonds. The third-order valence-corrected chi connectivity index (χ3v) is 5.59. The van der Waals surface area contributed by atoms with E-state index in [4.69, 9.17) is 14.2 Å². The van der Waals surface area contributed by atoms with Crippen molar-refractivity contribution in [1.29, 1.82) is 0 Å². The Labute approximate surface area is 180 Å². The van der Waals surface area contributed by atoms with E-state index in [-0.39, 0.29) is 5.91 Å². The standard InChI is InChI=1S/C23H26N2O4S/c1-6-20(29-17-8-7-14(2)15(3)11-17)22(26)25-23-24-19(13-30-23)18-12-16(27-4)9-10-21(18)28-5/h7-13,20H,6H2,1-5H3,(H,24,25,26). The maximum Gasteiger partial charge on any atom is 0.267 e. The number of hydrogen-bond acceptors (Lipinski definition) is 6. The number of amides is 1. The van der Waals surface area contributed by atoms with Gasteiger partial charge < -0.3 is 14.2 Å². The summed E-state index contributed by atoms with van der Waals surface area (Å²) >= 11 is 1.35. The number of nitrogens with zero attached hydrogens (tertiary/aromatic N) is 1. The minimum atomic E-state index is -0.606. The Bertz CT molecular complexity index is 1030. The van der Waals surface area contributed by atoms with Crippen LogP contribution in [0.25, 0.3) is 11.3 Å². The Kier molecular flexibility index (Phi) is 6.95. The molecule has 3 aromatic rings. The van der Waals surface area contributed by atoms with Crippen molar-refractivity contribution in [1.82, 2.24) is 4.98 Å². The second-order valence-electron chi connectivity index (χ2n) is 6.85. The molecule has 0 aliphatic rings. The van der Waals surface area contributed by atoms with Crippen LogP contribution in [-0.4, -0.2) is 31.2 Å². The Morgan fingerprint density at radius 2 is 1.83 bits per heavy atom. The predicted molar refractivity (Wildman–Crippen MR) is 120 cm³/mol. The average molecular weight is 427 g/mol. The molecule has 0 saturated heterocycles. The van der Waals surface area contributed by atoms with Crippen LogP contribution in [0.3, 0.4) is 0 Å². The molecule has 7 heteroatoms. The zero-order chi connectivity index (χ0) is 21.7. The molecule has 0 saturated carbocycles. The van der Waals surface area contributed by atoms with E-state index in [0.29, 0.717) is 34.5 Å². The number of carbonyl (C=O) groups is 1. The molecule has 158 valence electrons. The molecule has 1 atom stereocenters. The van der Waals surface area contributed by atoms with Crippen LogP contribution >= 0.6 is 11.3 Å². The molecule has 2 aromatic carbocycles. The lowest BCUT2D eigenvalue weighted by molar-refractivity contribution is -0.122. The summed E-state index contributed by atoms with van der Waals surface area (Å²) in [6, 6.07) is 11.3. The number of carbonyl (C=O) groups excluding carboxylic acids is 1. The summed E-state index contributed by atoms with van der Waals surface area (Å²) in [5.74, 6) is 1.84. The first-order chi connectivity index (χ1) is 14.4. The second kappa shape index (κ2) is 9.63. The van der Waals surface area contributed by atoms with Crippen molar-refractivity contribution in [2.75, 3.05) is 19.5 Å². The van der Waals surface area contributed by atoms with Gasteiger partial charge in [0.1, 0.15) is 17.2 Å². The maximum absolute atomic E-state index is 12.8. The van der Waals surface area contributed by atoms with E-state index in [1.807, 2.05) is 62.5 Å². The summed E-state index contributed by atoms with van der Waals surface area (Å²) in [7, 11) is 3.22. The third kappa shape index (κ3) is 4.91. The number of anilines is 1. The molecule has 6 nitrogen and oxygen atoms in total. The first-order valence-electron chi connectivity index (χ1n) is 9.67. The van der Waals surface area contributed by atoms with Crippen LogP contribution in [0.5, 0.6) is 17.2 Å². The van der Waals surface area contributed by atoms with Crippen LogP contribution in [0.4, 0.5) is 5.13 Å². The van der Waals surface area contributed by atoms with Crippen LogP contribution in [0.15, 0.2) is 41.8 Å². The number of benzene rings is 2. The van der Waals surface area contributed by atoms with Crippen LogP contribution in [-0.2, 0) is 4.79 Å². The molecule has 0 bridgehead atoms. The fourth-order valence-corrected chi connectivity index (χ4v) is 3.64. The molecule has 30 heavy (non-hydrogen) atoms. The molecule has 1 heterocycles. The highest BCUT2D eigenvalue weighted by Crippen LogP contribution is 2.35. The molecule has 0 aliphatic heterocycles. The van der Waals surface area contributed by atoms with Crippen LogP contribution in [0, 0.1) is 13.8 Å². The van der Waals surface area contributed by atoms with Gasteiger partial charge >= 0.3 is 0 Å². The normalized spacial score (nSPS) is 11.6. The van der Waals surface area contributed by atoms with Gasteiger partial charge in [-0.15, -0.1) is 11.3 Å². The Balaban J connectivity index is 1.74. The van der Waals surface area contributed by atoms with E-state index in [1.54, 1.807) is 14.2 Å². The van der Waals surface area contributed by atoms with Crippen molar-refractivity contribution in [2.24, 2.45) is 0 Å². The highest BCUT2D eigenvalue weighted by Gasteiger charge is 2.21. The lowest BCUT2D eigenvalue weighted by atomic mass is 10.1. The molecule has 0 radical (unpaired) electrons. The molecule has 0 aliphatic carbocycles. The molecule has 1 aromatic heterocycles. The van der Waals surface area contributed by atoms with Crippen molar-refractivity contribution in [3.05, 3.63) is 52.9 Å². The monoisotopic (exact) mass is 426 g/mol. The molecule has 0 spiro atoms. The predicted octanol–water partition coefficient (Wildman–Crippen LogP) is 5.24. The van der Waals surface area contributed by atoms with Crippen molar-refractivity contribution in [3.8, 4) is 28.5 Å². The van der Waals surface area contributed by atoms with Gasteiger partial charge in [0.25, 0.3) is 5.91 Å². The summed E-state index contributed by atoms with van der Waals surface area (Å²) in [5, 5.41) is 5.24. The van der Waals surface area contributed by atoms with E-state index in [2.05, 4.69) is 10.3 Å². The van der Waals surface area contributed by atoms with E-state index in [1.165, 1.54) is 16.9 Å². The topological polar surface area (TPSA) is 69.7 Å². The van der Waals surface area contributed by atoms with Crippen LogP contribution in [0.1, 0.15) is 24.5 Å². The van der Waals surface area contributed by atoms with Gasteiger partial charge in [-0.25, -0.2) is 4.98 Å². The average Bonchev–Trinajstić information content (AvgIpc) is 3.22. The Morgan fingerprint density at radius 1 is 1.07 bits per heavy atom. The van der Waals surface area contributed by atoms with Gasteiger partial charge in [-0.2, -0.15) is 0 Å². The first kappa shape index (κ1) is 21.6. The zero-order valence-electron chi connectivity index (χ0n) is 17.8. The molecular weight excluding hydrogens is 400 g/mol. The minimum absolute atomic E-state index is 0.228. The SMILES string of the molecule is CCC(Oc1ccc(C)c(C)c1)C(=O)Nc1nc(-c2cc(OC)ccc2OC)cs1. The highest BCUT2D eigenvalue weighted by atomic mass is 32.1. The molecule has 1 unspecified atom stereocenters. The minimum Gasteiger partial charge on any atom is -0.497 e. The largest absolute Gasteiger partial charge is 0.497 e. The highest BCUT2D eigenvalue weighted by molar-refractivity contribution is 7.14. The van der Waals surface area contributed by atoms with E-state index < -0.39 is 6.10 Å². The van der Waals surface area contributed by atoms with Crippen molar-refractivity contribution >= 4 is 22.4 Å². The van der Waals surface area contributed by atoms with E-state index >= 15 is 0 Å². The quantitative estimate of drug-likeness (QED) is 0.533. The van der Waals surface area contributed by atoms with Gasteiger partial charge in [0.15, 0.2) is 11.2 Å². The number of methoxy groups -OCH3 is 2. The summed E-state index contributed by atoms with van der Waals surface area (Å²) in [6.07, 6.45) is -0.0634. The van der Waals surface area contributed by atoms with Gasteiger partial charge in [0.05, 0.1) is 19.9 Å². The van der Waals surface area contributed by atoms with Gasteiger partial charge in [0, 0.05) is 10.9 Å². The fourth-order valence-electron chi connectivity index (χ4n) is 2.93. The smallest absolute Gasteiger partial charge is 0.267 e. The number of aryl methyl sites for hydroxylation is 2. The second-order valence-corrected chi connectivity index (χ2v) is 7.71. The summed E-state index contributed by atoms with van der Waals surface area (Å²) < 4.78 is 16.7. The van der Waals surface area contributed by atoms with E-state index in [9.17, 15) is 4.79 Å².